The van der Waals surface area contributed by atoms with Crippen LogP contribution in [0.4, 0.5) is 4.39 Å². The van der Waals surface area contributed by atoms with Crippen molar-refractivity contribution in [3.8, 4) is 0 Å². The SMILES string of the molecule is CN.Cc1ccccc1.O=C(O)CF. The van der Waals surface area contributed by atoms with Gasteiger partial charge in [0, 0.05) is 0 Å². The molecule has 80 valence electrons. The first-order valence-corrected chi connectivity index (χ1v) is 4.04. The lowest BCUT2D eigenvalue weighted by Crippen LogP contribution is -1.93. The van der Waals surface area contributed by atoms with E-state index in [1.165, 1.54) is 12.6 Å². The molecule has 0 fully saturated rings. The zero-order valence-corrected chi connectivity index (χ0v) is 8.40. The summed E-state index contributed by atoms with van der Waals surface area (Å²) in [6.07, 6.45) is 0. The van der Waals surface area contributed by atoms with Crippen LogP contribution in [-0.2, 0) is 4.79 Å². The molecule has 0 saturated heterocycles. The molecule has 0 bridgehead atoms. The zero-order chi connectivity index (χ0) is 11.4. The van der Waals surface area contributed by atoms with E-state index >= 15 is 0 Å². The molecule has 1 aromatic rings. The molecular formula is C10H16FNO2. The Hall–Kier alpha value is -1.42. The maximum absolute atomic E-state index is 10.5. The summed E-state index contributed by atoms with van der Waals surface area (Å²) in [5, 5.41) is 7.35. The van der Waals surface area contributed by atoms with E-state index in [4.69, 9.17) is 9.90 Å². The van der Waals surface area contributed by atoms with Crippen LogP contribution in [-0.4, -0.2) is 24.8 Å². The van der Waals surface area contributed by atoms with Gasteiger partial charge in [0.1, 0.15) is 0 Å². The monoisotopic (exact) mass is 201 g/mol. The van der Waals surface area contributed by atoms with Gasteiger partial charge in [-0.25, -0.2) is 9.18 Å². The number of nitrogens with two attached hydrogens (primary N) is 1. The molecular weight excluding hydrogens is 185 g/mol. The number of rotatable bonds is 1. The number of carbonyl (C=O) groups is 1. The lowest BCUT2D eigenvalue weighted by atomic mass is 10.2. The van der Waals surface area contributed by atoms with Gasteiger partial charge in [-0.1, -0.05) is 35.9 Å². The number of benzene rings is 1. The van der Waals surface area contributed by atoms with Crippen LogP contribution in [0.15, 0.2) is 30.3 Å². The Morgan fingerprint density at radius 3 is 1.86 bits per heavy atom. The number of halogens is 1. The Balaban J connectivity index is 0. The molecule has 0 amide bonds. The second kappa shape index (κ2) is 11.6. The molecule has 14 heavy (non-hydrogen) atoms. The van der Waals surface area contributed by atoms with Crippen LogP contribution in [0.5, 0.6) is 0 Å². The lowest BCUT2D eigenvalue weighted by molar-refractivity contribution is -0.137. The highest BCUT2D eigenvalue weighted by Gasteiger charge is 1.85. The van der Waals surface area contributed by atoms with Crippen LogP contribution in [0.1, 0.15) is 5.56 Å². The van der Waals surface area contributed by atoms with E-state index in [-0.39, 0.29) is 0 Å². The number of hydrogen-bond acceptors (Lipinski definition) is 2. The van der Waals surface area contributed by atoms with Gasteiger partial charge in [0.05, 0.1) is 0 Å². The van der Waals surface area contributed by atoms with E-state index in [9.17, 15) is 4.39 Å². The first kappa shape index (κ1) is 15.1. The molecule has 0 radical (unpaired) electrons. The third-order valence-electron chi connectivity index (χ3n) is 1.05. The normalized spacial score (nSPS) is 7.43. The van der Waals surface area contributed by atoms with Crippen LogP contribution in [0, 0.1) is 6.92 Å². The predicted octanol–water partition coefficient (Wildman–Crippen LogP) is 1.61. The lowest BCUT2D eigenvalue weighted by Gasteiger charge is -1.82. The fourth-order valence-corrected chi connectivity index (χ4v) is 0.534. The number of aryl methyl sites for hydroxylation is 1. The second-order valence-electron chi connectivity index (χ2n) is 2.18. The molecule has 1 aromatic carbocycles. The molecule has 0 unspecified atom stereocenters. The van der Waals surface area contributed by atoms with Crippen LogP contribution < -0.4 is 5.73 Å². The smallest absolute Gasteiger partial charge is 0.335 e. The molecule has 0 heterocycles. The van der Waals surface area contributed by atoms with Crippen LogP contribution in [0.2, 0.25) is 0 Å². The third kappa shape index (κ3) is 13.2. The number of hydrogen-bond donors (Lipinski definition) is 2. The standard InChI is InChI=1S/C7H8.C2H3FO2.CH5N/c1-7-5-3-2-4-6-7;3-1-2(4)5;1-2/h2-6H,1H3;1H2,(H,4,5);2H2,1H3. The quantitative estimate of drug-likeness (QED) is 0.725. The molecule has 3 nitrogen and oxygen atoms in total. The van der Waals surface area contributed by atoms with Gasteiger partial charge in [-0.2, -0.15) is 0 Å². The predicted molar refractivity (Wildman–Crippen MR) is 54.9 cm³/mol. The van der Waals surface area contributed by atoms with Gasteiger partial charge >= 0.3 is 5.97 Å². The summed E-state index contributed by atoms with van der Waals surface area (Å²) >= 11 is 0. The zero-order valence-electron chi connectivity index (χ0n) is 8.40. The average Bonchev–Trinajstić information content (AvgIpc) is 2.23. The summed E-state index contributed by atoms with van der Waals surface area (Å²) in [4.78, 5) is 8.99. The minimum Gasteiger partial charge on any atom is -0.479 e. The van der Waals surface area contributed by atoms with E-state index in [2.05, 4.69) is 24.8 Å². The van der Waals surface area contributed by atoms with Crippen molar-refractivity contribution in [2.45, 2.75) is 6.92 Å². The Morgan fingerprint density at radius 2 is 1.71 bits per heavy atom. The van der Waals surface area contributed by atoms with Gasteiger partial charge in [0.15, 0.2) is 6.67 Å². The van der Waals surface area contributed by atoms with Crippen molar-refractivity contribution in [1.82, 2.24) is 0 Å². The molecule has 1 rings (SSSR count). The maximum atomic E-state index is 10.5. The van der Waals surface area contributed by atoms with Crippen molar-refractivity contribution >= 4 is 5.97 Å². The van der Waals surface area contributed by atoms with Crippen LogP contribution in [0.3, 0.4) is 0 Å². The van der Waals surface area contributed by atoms with Gasteiger partial charge in [0.2, 0.25) is 0 Å². The number of carboxylic acid groups (broad SMARTS) is 1. The first-order chi connectivity index (χ1) is 6.66. The largest absolute Gasteiger partial charge is 0.479 e. The Kier molecular flexibility index (Phi) is 12.5. The highest BCUT2D eigenvalue weighted by atomic mass is 19.1. The summed E-state index contributed by atoms with van der Waals surface area (Å²) in [6.45, 7) is 0.806. The summed E-state index contributed by atoms with van der Waals surface area (Å²) in [5.41, 5.74) is 5.82. The molecule has 3 N–H and O–H groups in total. The number of aliphatic carboxylic acids is 1. The molecule has 0 aliphatic carbocycles. The highest BCUT2D eigenvalue weighted by molar-refractivity contribution is 5.67. The van der Waals surface area contributed by atoms with Crippen molar-refractivity contribution in [1.29, 1.82) is 0 Å². The molecule has 0 atom stereocenters. The first-order valence-electron chi connectivity index (χ1n) is 4.04. The Labute approximate surface area is 83.4 Å². The number of carboxylic acids is 1. The number of alkyl halides is 1. The minimum absolute atomic E-state index is 1.28. The van der Waals surface area contributed by atoms with Crippen molar-refractivity contribution in [2.24, 2.45) is 5.73 Å². The van der Waals surface area contributed by atoms with E-state index in [0.717, 1.165) is 0 Å². The summed E-state index contributed by atoms with van der Waals surface area (Å²) < 4.78 is 10.5. The summed E-state index contributed by atoms with van der Waals surface area (Å²) in [7, 11) is 1.50. The van der Waals surface area contributed by atoms with Gasteiger partial charge in [-0.05, 0) is 14.0 Å². The molecule has 0 aliphatic rings. The van der Waals surface area contributed by atoms with Gasteiger partial charge in [-0.3, -0.25) is 0 Å². The average molecular weight is 201 g/mol. The fraction of sp³-hybridized carbons (Fsp3) is 0.300. The van der Waals surface area contributed by atoms with E-state index in [0.29, 0.717) is 0 Å². The topological polar surface area (TPSA) is 63.3 Å². The van der Waals surface area contributed by atoms with E-state index < -0.39 is 12.6 Å². The Bertz CT molecular complexity index is 227. The van der Waals surface area contributed by atoms with Crippen molar-refractivity contribution < 1.29 is 14.3 Å². The molecule has 4 heteroatoms. The van der Waals surface area contributed by atoms with E-state index in [1.807, 2.05) is 18.2 Å². The Morgan fingerprint density at radius 1 is 1.36 bits per heavy atom. The van der Waals surface area contributed by atoms with Gasteiger partial charge < -0.3 is 10.8 Å². The van der Waals surface area contributed by atoms with E-state index in [1.54, 1.807) is 0 Å². The van der Waals surface area contributed by atoms with Crippen molar-refractivity contribution in [2.75, 3.05) is 13.7 Å². The molecule has 0 spiro atoms. The second-order valence-corrected chi connectivity index (χ2v) is 2.18. The van der Waals surface area contributed by atoms with Crippen molar-refractivity contribution in [3.63, 3.8) is 0 Å². The molecule has 0 aliphatic heterocycles. The summed E-state index contributed by atoms with van der Waals surface area (Å²) in [5.74, 6) is -1.41. The van der Waals surface area contributed by atoms with Crippen molar-refractivity contribution in [3.05, 3.63) is 35.9 Å². The fourth-order valence-electron chi connectivity index (χ4n) is 0.534. The van der Waals surface area contributed by atoms with Crippen LogP contribution >= 0.6 is 0 Å². The van der Waals surface area contributed by atoms with Gasteiger partial charge in [-0.15, -0.1) is 0 Å². The molecule has 0 aromatic heterocycles. The van der Waals surface area contributed by atoms with Gasteiger partial charge in [0.25, 0.3) is 0 Å². The highest BCUT2D eigenvalue weighted by Crippen LogP contribution is 1.92. The van der Waals surface area contributed by atoms with Crippen LogP contribution in [0.25, 0.3) is 0 Å². The minimum atomic E-state index is -1.41. The molecule has 0 saturated carbocycles. The maximum Gasteiger partial charge on any atom is 0.335 e. The summed E-state index contributed by atoms with van der Waals surface area (Å²) in [6, 6.07) is 10.3. The third-order valence-corrected chi connectivity index (χ3v) is 1.05.